The Labute approximate surface area is 117 Å². The standard InChI is InChI=1S/C15H29N3O/c1-2-16-11-14-9-5-6-10-18(14)12-15(19)17-13-7-3-4-8-13/h13-14,16H,2-12H2,1H3,(H,17,19). The van der Waals surface area contributed by atoms with E-state index in [4.69, 9.17) is 0 Å². The molecule has 2 fully saturated rings. The second-order valence-corrected chi connectivity index (χ2v) is 5.98. The van der Waals surface area contributed by atoms with E-state index in [0.717, 1.165) is 19.6 Å². The monoisotopic (exact) mass is 267 g/mol. The van der Waals surface area contributed by atoms with Gasteiger partial charge in [-0.15, -0.1) is 0 Å². The summed E-state index contributed by atoms with van der Waals surface area (Å²) in [5.41, 5.74) is 0. The first-order valence-corrected chi connectivity index (χ1v) is 8.03. The Kier molecular flexibility index (Phi) is 6.11. The quantitative estimate of drug-likeness (QED) is 0.767. The lowest BCUT2D eigenvalue weighted by Crippen LogP contribution is -2.50. The van der Waals surface area contributed by atoms with E-state index in [2.05, 4.69) is 22.5 Å². The first-order valence-electron chi connectivity index (χ1n) is 8.03. The van der Waals surface area contributed by atoms with Crippen LogP contribution in [-0.2, 0) is 4.79 Å². The van der Waals surface area contributed by atoms with Crippen LogP contribution in [0.25, 0.3) is 0 Å². The smallest absolute Gasteiger partial charge is 0.234 e. The van der Waals surface area contributed by atoms with Gasteiger partial charge in [-0.2, -0.15) is 0 Å². The Bertz CT molecular complexity index is 277. The first kappa shape index (κ1) is 14.8. The Morgan fingerprint density at radius 2 is 1.89 bits per heavy atom. The van der Waals surface area contributed by atoms with Crippen molar-refractivity contribution in [3.05, 3.63) is 0 Å². The molecule has 1 aliphatic carbocycles. The zero-order valence-corrected chi connectivity index (χ0v) is 12.3. The molecule has 1 saturated carbocycles. The lowest BCUT2D eigenvalue weighted by molar-refractivity contribution is -0.123. The fourth-order valence-electron chi connectivity index (χ4n) is 3.34. The third kappa shape index (κ3) is 4.77. The number of carbonyl (C=O) groups excluding carboxylic acids is 1. The van der Waals surface area contributed by atoms with Crippen molar-refractivity contribution < 1.29 is 4.79 Å². The number of hydrogen-bond acceptors (Lipinski definition) is 3. The molecule has 1 aliphatic heterocycles. The van der Waals surface area contributed by atoms with Crippen molar-refractivity contribution in [1.82, 2.24) is 15.5 Å². The predicted molar refractivity (Wildman–Crippen MR) is 78.2 cm³/mol. The van der Waals surface area contributed by atoms with Gasteiger partial charge in [0.05, 0.1) is 6.54 Å². The van der Waals surface area contributed by atoms with Crippen LogP contribution in [0.15, 0.2) is 0 Å². The summed E-state index contributed by atoms with van der Waals surface area (Å²) in [5.74, 6) is 0.232. The van der Waals surface area contributed by atoms with Crippen LogP contribution in [0.1, 0.15) is 51.9 Å². The summed E-state index contributed by atoms with van der Waals surface area (Å²) in [5, 5.41) is 6.62. The van der Waals surface area contributed by atoms with E-state index in [-0.39, 0.29) is 5.91 Å². The van der Waals surface area contributed by atoms with Gasteiger partial charge in [-0.1, -0.05) is 26.2 Å². The molecule has 2 N–H and O–H groups in total. The molecule has 1 heterocycles. The predicted octanol–water partition coefficient (Wildman–Crippen LogP) is 1.51. The molecule has 0 radical (unpaired) electrons. The highest BCUT2D eigenvalue weighted by Gasteiger charge is 2.25. The van der Waals surface area contributed by atoms with Gasteiger partial charge in [-0.3, -0.25) is 9.69 Å². The van der Waals surface area contributed by atoms with E-state index < -0.39 is 0 Å². The molecule has 0 bridgehead atoms. The molecule has 2 rings (SSSR count). The largest absolute Gasteiger partial charge is 0.352 e. The third-order valence-electron chi connectivity index (χ3n) is 4.45. The molecule has 0 spiro atoms. The molecular weight excluding hydrogens is 238 g/mol. The van der Waals surface area contributed by atoms with Crippen LogP contribution in [0, 0.1) is 0 Å². The highest BCUT2D eigenvalue weighted by Crippen LogP contribution is 2.18. The van der Waals surface area contributed by atoms with E-state index in [1.807, 2.05) is 0 Å². The van der Waals surface area contributed by atoms with Gasteiger partial charge in [-0.25, -0.2) is 0 Å². The van der Waals surface area contributed by atoms with E-state index in [1.165, 1.54) is 44.9 Å². The second kappa shape index (κ2) is 7.85. The van der Waals surface area contributed by atoms with Gasteiger partial charge < -0.3 is 10.6 Å². The first-order chi connectivity index (χ1) is 9.29. The summed E-state index contributed by atoms with van der Waals surface area (Å²) in [6.45, 7) is 5.84. The maximum absolute atomic E-state index is 12.1. The number of carbonyl (C=O) groups is 1. The van der Waals surface area contributed by atoms with Crippen LogP contribution < -0.4 is 10.6 Å². The van der Waals surface area contributed by atoms with Gasteiger partial charge in [0.2, 0.25) is 5.91 Å². The molecule has 1 atom stereocenters. The molecule has 0 aromatic heterocycles. The molecule has 1 amide bonds. The van der Waals surface area contributed by atoms with E-state index in [0.29, 0.717) is 18.6 Å². The number of piperidine rings is 1. The van der Waals surface area contributed by atoms with Crippen molar-refractivity contribution in [2.75, 3.05) is 26.2 Å². The third-order valence-corrected chi connectivity index (χ3v) is 4.45. The van der Waals surface area contributed by atoms with E-state index >= 15 is 0 Å². The van der Waals surface area contributed by atoms with Crippen LogP contribution in [0.3, 0.4) is 0 Å². The van der Waals surface area contributed by atoms with Gasteiger partial charge in [0.15, 0.2) is 0 Å². The highest BCUT2D eigenvalue weighted by molar-refractivity contribution is 5.78. The van der Waals surface area contributed by atoms with Crippen LogP contribution in [0.4, 0.5) is 0 Å². The lowest BCUT2D eigenvalue weighted by Gasteiger charge is -2.35. The Hall–Kier alpha value is -0.610. The van der Waals surface area contributed by atoms with Gasteiger partial charge >= 0.3 is 0 Å². The number of nitrogens with zero attached hydrogens (tertiary/aromatic N) is 1. The molecule has 0 aromatic rings. The normalized spacial score (nSPS) is 25.6. The summed E-state index contributed by atoms with van der Waals surface area (Å²) in [6, 6.07) is 0.993. The Morgan fingerprint density at radius 3 is 2.63 bits per heavy atom. The van der Waals surface area contributed by atoms with Crippen LogP contribution in [0.5, 0.6) is 0 Å². The Balaban J connectivity index is 1.75. The van der Waals surface area contributed by atoms with Crippen molar-refractivity contribution in [3.8, 4) is 0 Å². The molecule has 19 heavy (non-hydrogen) atoms. The summed E-state index contributed by atoms with van der Waals surface area (Å²) in [7, 11) is 0. The summed E-state index contributed by atoms with van der Waals surface area (Å²) >= 11 is 0. The average molecular weight is 267 g/mol. The van der Waals surface area contributed by atoms with Crippen LogP contribution in [-0.4, -0.2) is 49.1 Å². The van der Waals surface area contributed by atoms with Gasteiger partial charge in [-0.05, 0) is 38.8 Å². The molecule has 4 heteroatoms. The average Bonchev–Trinajstić information content (AvgIpc) is 2.90. The van der Waals surface area contributed by atoms with Gasteiger partial charge in [0.25, 0.3) is 0 Å². The molecule has 1 unspecified atom stereocenters. The maximum Gasteiger partial charge on any atom is 0.234 e. The van der Waals surface area contributed by atoms with Crippen LogP contribution in [0.2, 0.25) is 0 Å². The topological polar surface area (TPSA) is 44.4 Å². The number of amides is 1. The van der Waals surface area contributed by atoms with Crippen molar-refractivity contribution in [2.24, 2.45) is 0 Å². The lowest BCUT2D eigenvalue weighted by atomic mass is 10.0. The molecule has 0 aromatic carbocycles. The summed E-state index contributed by atoms with van der Waals surface area (Å²) < 4.78 is 0. The second-order valence-electron chi connectivity index (χ2n) is 5.98. The SMILES string of the molecule is CCNCC1CCCCN1CC(=O)NC1CCCC1. The fraction of sp³-hybridized carbons (Fsp3) is 0.933. The maximum atomic E-state index is 12.1. The molecular formula is C15H29N3O. The minimum absolute atomic E-state index is 0.232. The van der Waals surface area contributed by atoms with Gasteiger partial charge in [0, 0.05) is 18.6 Å². The number of likely N-dealkylation sites (N-methyl/N-ethyl adjacent to an activating group) is 1. The number of nitrogens with one attached hydrogen (secondary N) is 2. The Morgan fingerprint density at radius 1 is 1.16 bits per heavy atom. The fourth-order valence-corrected chi connectivity index (χ4v) is 3.34. The highest BCUT2D eigenvalue weighted by atomic mass is 16.2. The molecule has 2 aliphatic rings. The minimum atomic E-state index is 0.232. The number of likely N-dealkylation sites (tertiary alicyclic amines) is 1. The zero-order chi connectivity index (χ0) is 13.5. The van der Waals surface area contributed by atoms with Crippen molar-refractivity contribution in [3.63, 3.8) is 0 Å². The molecule has 4 nitrogen and oxygen atoms in total. The van der Waals surface area contributed by atoms with E-state index in [9.17, 15) is 4.79 Å². The number of hydrogen-bond donors (Lipinski definition) is 2. The molecule has 1 saturated heterocycles. The van der Waals surface area contributed by atoms with E-state index in [1.54, 1.807) is 0 Å². The van der Waals surface area contributed by atoms with Crippen molar-refractivity contribution in [1.29, 1.82) is 0 Å². The van der Waals surface area contributed by atoms with Gasteiger partial charge in [0.1, 0.15) is 0 Å². The number of rotatable bonds is 6. The summed E-state index contributed by atoms with van der Waals surface area (Å²) in [4.78, 5) is 14.5. The van der Waals surface area contributed by atoms with Crippen LogP contribution >= 0.6 is 0 Å². The van der Waals surface area contributed by atoms with Crippen molar-refractivity contribution >= 4 is 5.91 Å². The summed E-state index contributed by atoms with van der Waals surface area (Å²) in [6.07, 6.45) is 8.66. The minimum Gasteiger partial charge on any atom is -0.352 e. The zero-order valence-electron chi connectivity index (χ0n) is 12.3. The van der Waals surface area contributed by atoms with Crippen molar-refractivity contribution in [2.45, 2.75) is 64.0 Å². The molecule has 110 valence electrons.